The zero-order chi connectivity index (χ0) is 21.3. The van der Waals surface area contributed by atoms with Gasteiger partial charge in [-0.1, -0.05) is 75.7 Å². The summed E-state index contributed by atoms with van der Waals surface area (Å²) in [5.74, 6) is 1.21. The van der Waals surface area contributed by atoms with Crippen LogP contribution in [-0.2, 0) is 14.3 Å². The molecule has 0 spiro atoms. The van der Waals surface area contributed by atoms with Crippen molar-refractivity contribution >= 4 is 27.5 Å². The predicted octanol–water partition coefficient (Wildman–Crippen LogP) is 6.68. The van der Waals surface area contributed by atoms with E-state index in [0.717, 1.165) is 39.9 Å². The fourth-order valence-electron chi connectivity index (χ4n) is 5.12. The second-order valence-electron chi connectivity index (χ2n) is 9.15. The van der Waals surface area contributed by atoms with Gasteiger partial charge in [0.2, 0.25) is 0 Å². The molecule has 3 aromatic carbocycles. The molecule has 3 heteroatoms. The Hall–Kier alpha value is -2.39. The minimum atomic E-state index is -0.744. The lowest BCUT2D eigenvalue weighted by Gasteiger charge is -2.37. The Balaban J connectivity index is 1.74. The summed E-state index contributed by atoms with van der Waals surface area (Å²) >= 11 is 0. The van der Waals surface area contributed by atoms with Gasteiger partial charge in [-0.05, 0) is 58.2 Å². The molecule has 0 unspecified atom stereocenters. The van der Waals surface area contributed by atoms with Gasteiger partial charge >= 0.3 is 5.97 Å². The highest BCUT2D eigenvalue weighted by atomic mass is 16.6. The van der Waals surface area contributed by atoms with Crippen molar-refractivity contribution in [3.8, 4) is 0 Å². The monoisotopic (exact) mass is 404 g/mol. The number of carbonyl (C=O) groups is 1. The Morgan fingerprint density at radius 1 is 0.967 bits per heavy atom. The number of hydrogen-bond acceptors (Lipinski definition) is 3. The van der Waals surface area contributed by atoms with E-state index in [0.29, 0.717) is 17.8 Å². The third kappa shape index (κ3) is 3.96. The van der Waals surface area contributed by atoms with Crippen molar-refractivity contribution in [2.75, 3.05) is 7.11 Å². The van der Waals surface area contributed by atoms with Crippen LogP contribution in [0.3, 0.4) is 0 Å². The molecule has 4 rings (SSSR count). The molecule has 0 bridgehead atoms. The van der Waals surface area contributed by atoms with Crippen LogP contribution in [0.15, 0.2) is 54.6 Å². The van der Waals surface area contributed by atoms with Gasteiger partial charge in [-0.3, -0.25) is 0 Å². The third-order valence-electron chi connectivity index (χ3n) is 6.75. The van der Waals surface area contributed by atoms with Gasteiger partial charge in [0, 0.05) is 12.7 Å². The standard InChI is InChI=1S/C27H32O3/c1-17(2)21-14-13-18(3)15-24(21)30-27(28)26(29-4)25-22-11-7-5-9-19(22)16-20-10-6-8-12-23(20)25/h5-12,16-18,21,24,26H,13-15H2,1-4H3/t18-,21+,24-,26+/m1/s1. The lowest BCUT2D eigenvalue weighted by atomic mass is 9.75. The van der Waals surface area contributed by atoms with E-state index in [2.05, 4.69) is 51.1 Å². The Morgan fingerprint density at radius 3 is 2.13 bits per heavy atom. The minimum absolute atomic E-state index is 0.0415. The molecule has 3 nitrogen and oxygen atoms in total. The number of fused-ring (bicyclic) bond motifs is 2. The average molecular weight is 405 g/mol. The van der Waals surface area contributed by atoms with E-state index in [4.69, 9.17) is 9.47 Å². The van der Waals surface area contributed by atoms with Gasteiger partial charge in [0.15, 0.2) is 6.10 Å². The number of rotatable bonds is 5. The number of carbonyl (C=O) groups excluding carboxylic acids is 1. The summed E-state index contributed by atoms with van der Waals surface area (Å²) in [7, 11) is 1.60. The molecule has 1 aliphatic carbocycles. The molecule has 3 aromatic rings. The smallest absolute Gasteiger partial charge is 0.340 e. The summed E-state index contributed by atoms with van der Waals surface area (Å²) in [4.78, 5) is 13.5. The van der Waals surface area contributed by atoms with Gasteiger partial charge in [-0.25, -0.2) is 4.79 Å². The maximum absolute atomic E-state index is 13.5. The van der Waals surface area contributed by atoms with Crippen LogP contribution in [0, 0.1) is 17.8 Å². The van der Waals surface area contributed by atoms with Gasteiger partial charge < -0.3 is 9.47 Å². The zero-order valence-corrected chi connectivity index (χ0v) is 18.4. The van der Waals surface area contributed by atoms with Gasteiger partial charge in [0.05, 0.1) is 0 Å². The lowest BCUT2D eigenvalue weighted by molar-refractivity contribution is -0.168. The van der Waals surface area contributed by atoms with Crippen LogP contribution in [0.25, 0.3) is 21.5 Å². The Bertz CT molecular complexity index is 985. The van der Waals surface area contributed by atoms with Gasteiger partial charge in [0.25, 0.3) is 0 Å². The fourth-order valence-corrected chi connectivity index (χ4v) is 5.12. The highest BCUT2D eigenvalue weighted by molar-refractivity contribution is 6.05. The summed E-state index contributed by atoms with van der Waals surface area (Å²) in [5.41, 5.74) is 0.904. The van der Waals surface area contributed by atoms with E-state index in [1.165, 1.54) is 6.42 Å². The summed E-state index contributed by atoms with van der Waals surface area (Å²) in [6.45, 7) is 6.71. The maximum Gasteiger partial charge on any atom is 0.340 e. The molecule has 0 aliphatic heterocycles. The largest absolute Gasteiger partial charge is 0.460 e. The molecule has 158 valence electrons. The van der Waals surface area contributed by atoms with Crippen molar-refractivity contribution < 1.29 is 14.3 Å². The first-order valence-corrected chi connectivity index (χ1v) is 11.1. The summed E-state index contributed by atoms with van der Waals surface area (Å²) in [5, 5.41) is 4.29. The fraction of sp³-hybridized carbons (Fsp3) is 0.444. The van der Waals surface area contributed by atoms with Crippen molar-refractivity contribution in [2.24, 2.45) is 17.8 Å². The molecule has 30 heavy (non-hydrogen) atoms. The van der Waals surface area contributed by atoms with Gasteiger partial charge in [0.1, 0.15) is 6.10 Å². The van der Waals surface area contributed by atoms with E-state index < -0.39 is 6.10 Å². The molecule has 1 saturated carbocycles. The van der Waals surface area contributed by atoms with Crippen molar-refractivity contribution in [3.63, 3.8) is 0 Å². The number of esters is 1. The normalized spacial score (nSPS) is 23.0. The molecule has 0 aromatic heterocycles. The molecule has 0 amide bonds. The van der Waals surface area contributed by atoms with Crippen LogP contribution in [0.1, 0.15) is 51.7 Å². The Morgan fingerprint density at radius 2 is 1.57 bits per heavy atom. The summed E-state index contributed by atoms with van der Waals surface area (Å²) in [6, 6.07) is 18.5. The highest BCUT2D eigenvalue weighted by Crippen LogP contribution is 2.38. The summed E-state index contributed by atoms with van der Waals surface area (Å²) in [6.07, 6.45) is 2.47. The van der Waals surface area contributed by atoms with E-state index in [1.807, 2.05) is 24.3 Å². The quantitative estimate of drug-likeness (QED) is 0.351. The molecule has 0 N–H and O–H groups in total. The first-order valence-electron chi connectivity index (χ1n) is 11.1. The molecule has 0 saturated heterocycles. The number of benzene rings is 3. The second kappa shape index (κ2) is 8.77. The average Bonchev–Trinajstić information content (AvgIpc) is 2.73. The third-order valence-corrected chi connectivity index (χ3v) is 6.75. The van der Waals surface area contributed by atoms with E-state index in [-0.39, 0.29) is 12.1 Å². The van der Waals surface area contributed by atoms with Crippen molar-refractivity contribution in [1.29, 1.82) is 0 Å². The van der Waals surface area contributed by atoms with E-state index in [1.54, 1.807) is 7.11 Å². The van der Waals surface area contributed by atoms with Crippen LogP contribution >= 0.6 is 0 Å². The minimum Gasteiger partial charge on any atom is -0.460 e. The SMILES string of the molecule is CO[C@H](C(=O)O[C@@H]1C[C@H](C)CC[C@H]1C(C)C)c1c2ccccc2cc2ccccc12. The maximum atomic E-state index is 13.5. The molecular formula is C27H32O3. The lowest BCUT2D eigenvalue weighted by Crippen LogP contribution is -2.37. The van der Waals surface area contributed by atoms with Crippen LogP contribution in [0.5, 0.6) is 0 Å². The topological polar surface area (TPSA) is 35.5 Å². The van der Waals surface area contributed by atoms with Crippen LogP contribution in [-0.4, -0.2) is 19.2 Å². The number of hydrogen-bond donors (Lipinski definition) is 0. The van der Waals surface area contributed by atoms with Gasteiger partial charge in [-0.2, -0.15) is 0 Å². The highest BCUT2D eigenvalue weighted by Gasteiger charge is 2.36. The van der Waals surface area contributed by atoms with Crippen LogP contribution in [0.2, 0.25) is 0 Å². The van der Waals surface area contributed by atoms with Crippen molar-refractivity contribution in [2.45, 2.75) is 52.2 Å². The van der Waals surface area contributed by atoms with E-state index >= 15 is 0 Å². The molecule has 1 aliphatic rings. The summed E-state index contributed by atoms with van der Waals surface area (Å²) < 4.78 is 12.0. The molecular weight excluding hydrogens is 372 g/mol. The van der Waals surface area contributed by atoms with Crippen LogP contribution in [0.4, 0.5) is 0 Å². The van der Waals surface area contributed by atoms with Crippen molar-refractivity contribution in [1.82, 2.24) is 0 Å². The second-order valence-corrected chi connectivity index (χ2v) is 9.15. The molecule has 4 atom stereocenters. The molecule has 0 radical (unpaired) electrons. The Kier molecular flexibility index (Phi) is 6.10. The Labute approximate surface area is 179 Å². The van der Waals surface area contributed by atoms with Crippen molar-refractivity contribution in [3.05, 3.63) is 60.2 Å². The van der Waals surface area contributed by atoms with Crippen LogP contribution < -0.4 is 0 Å². The van der Waals surface area contributed by atoms with Gasteiger partial charge in [-0.15, -0.1) is 0 Å². The number of methoxy groups -OCH3 is 1. The van der Waals surface area contributed by atoms with E-state index in [9.17, 15) is 4.79 Å². The number of ether oxygens (including phenoxy) is 2. The molecule has 0 heterocycles. The molecule has 1 fully saturated rings. The first kappa shape index (κ1) is 20.9. The zero-order valence-electron chi connectivity index (χ0n) is 18.4. The first-order chi connectivity index (χ1) is 14.5. The predicted molar refractivity (Wildman–Crippen MR) is 122 cm³/mol.